The normalized spacial score (nSPS) is 25.2. The second kappa shape index (κ2) is 4.96. The predicted octanol–water partition coefficient (Wildman–Crippen LogP) is 2.24. The highest BCUT2D eigenvalue weighted by Crippen LogP contribution is 2.28. The second-order valence-electron chi connectivity index (χ2n) is 5.11. The van der Waals surface area contributed by atoms with E-state index in [9.17, 15) is 18.3 Å². The molecule has 106 valence electrons. The van der Waals surface area contributed by atoms with Crippen LogP contribution in [-0.2, 0) is 6.18 Å². The van der Waals surface area contributed by atoms with Crippen LogP contribution in [0.4, 0.5) is 19.0 Å². The van der Waals surface area contributed by atoms with E-state index in [1.165, 1.54) is 6.07 Å². The van der Waals surface area contributed by atoms with Gasteiger partial charge in [0, 0.05) is 13.1 Å². The van der Waals surface area contributed by atoms with Crippen molar-refractivity contribution in [2.45, 2.75) is 38.0 Å². The molecule has 0 amide bonds. The molecule has 1 atom stereocenters. The molecule has 1 aliphatic rings. The van der Waals surface area contributed by atoms with Gasteiger partial charge in [-0.3, -0.25) is 0 Å². The number of hydrogen-bond donors (Lipinski definition) is 1. The molecule has 1 aromatic heterocycles. The number of rotatable bonds is 1. The largest absolute Gasteiger partial charge is 0.435 e. The van der Waals surface area contributed by atoms with Crippen LogP contribution in [0.3, 0.4) is 0 Å². The van der Waals surface area contributed by atoms with Gasteiger partial charge >= 0.3 is 6.18 Å². The van der Waals surface area contributed by atoms with Crippen molar-refractivity contribution in [3.8, 4) is 0 Å². The van der Waals surface area contributed by atoms with Gasteiger partial charge in [0.05, 0.1) is 5.60 Å². The molecule has 0 radical (unpaired) electrons. The first-order valence-corrected chi connectivity index (χ1v) is 6.16. The zero-order chi connectivity index (χ0) is 14.1. The standard InChI is InChI=1S/C12H16F3N3O/c1-11(19)5-2-7-18(8-6-11)10-4-3-9(16-17-10)12(13,14)15/h3-4,19H,2,5-8H2,1H3. The highest BCUT2D eigenvalue weighted by atomic mass is 19.4. The first kappa shape index (κ1) is 14.0. The maximum atomic E-state index is 12.4. The van der Waals surface area contributed by atoms with Gasteiger partial charge in [0.2, 0.25) is 0 Å². The minimum absolute atomic E-state index is 0.422. The molecule has 1 aliphatic heterocycles. The second-order valence-corrected chi connectivity index (χ2v) is 5.11. The summed E-state index contributed by atoms with van der Waals surface area (Å²) in [6.07, 6.45) is -2.45. The van der Waals surface area contributed by atoms with E-state index in [2.05, 4.69) is 10.2 Å². The van der Waals surface area contributed by atoms with Gasteiger partial charge in [-0.1, -0.05) is 0 Å². The van der Waals surface area contributed by atoms with Crippen LogP contribution in [0.15, 0.2) is 12.1 Å². The number of halogens is 3. The number of anilines is 1. The molecule has 1 aromatic rings. The average molecular weight is 275 g/mol. The van der Waals surface area contributed by atoms with E-state index in [4.69, 9.17) is 0 Å². The summed E-state index contributed by atoms with van der Waals surface area (Å²) in [6, 6.07) is 2.27. The Kier molecular flexibility index (Phi) is 3.66. The molecule has 19 heavy (non-hydrogen) atoms. The quantitative estimate of drug-likeness (QED) is 0.854. The Balaban J connectivity index is 2.10. The fourth-order valence-corrected chi connectivity index (χ4v) is 2.14. The zero-order valence-electron chi connectivity index (χ0n) is 10.6. The third kappa shape index (κ3) is 3.56. The van der Waals surface area contributed by atoms with E-state index in [1.54, 1.807) is 6.92 Å². The van der Waals surface area contributed by atoms with E-state index >= 15 is 0 Å². The molecule has 1 saturated heterocycles. The van der Waals surface area contributed by atoms with Gasteiger partial charge in [0.15, 0.2) is 11.5 Å². The van der Waals surface area contributed by atoms with Gasteiger partial charge in [0.1, 0.15) is 0 Å². The zero-order valence-corrected chi connectivity index (χ0v) is 10.6. The Morgan fingerprint density at radius 2 is 1.95 bits per heavy atom. The lowest BCUT2D eigenvalue weighted by Crippen LogP contribution is -2.29. The fourth-order valence-electron chi connectivity index (χ4n) is 2.14. The molecule has 4 nitrogen and oxygen atoms in total. The Bertz CT molecular complexity index is 431. The van der Waals surface area contributed by atoms with E-state index in [1.807, 2.05) is 4.90 Å². The van der Waals surface area contributed by atoms with Crippen LogP contribution >= 0.6 is 0 Å². The Labute approximate surface area is 109 Å². The molecule has 1 N–H and O–H groups in total. The molecule has 0 saturated carbocycles. The Hall–Kier alpha value is -1.37. The number of hydrogen-bond acceptors (Lipinski definition) is 4. The lowest BCUT2D eigenvalue weighted by atomic mass is 9.98. The van der Waals surface area contributed by atoms with Crippen molar-refractivity contribution in [3.05, 3.63) is 17.8 Å². The van der Waals surface area contributed by atoms with Crippen molar-refractivity contribution in [2.24, 2.45) is 0 Å². The monoisotopic (exact) mass is 275 g/mol. The number of aliphatic hydroxyl groups is 1. The Morgan fingerprint density at radius 1 is 1.21 bits per heavy atom. The fraction of sp³-hybridized carbons (Fsp3) is 0.667. The van der Waals surface area contributed by atoms with Gasteiger partial charge in [-0.2, -0.15) is 13.2 Å². The first-order chi connectivity index (χ1) is 8.78. The molecule has 0 spiro atoms. The van der Waals surface area contributed by atoms with Crippen LogP contribution in [0.5, 0.6) is 0 Å². The highest BCUT2D eigenvalue weighted by molar-refractivity contribution is 5.37. The van der Waals surface area contributed by atoms with Crippen molar-refractivity contribution in [2.75, 3.05) is 18.0 Å². The third-order valence-corrected chi connectivity index (χ3v) is 3.33. The smallest absolute Gasteiger partial charge is 0.390 e. The lowest BCUT2D eigenvalue weighted by Gasteiger charge is -2.23. The summed E-state index contributed by atoms with van der Waals surface area (Å²) in [6.45, 7) is 3.00. The molecule has 1 fully saturated rings. The van der Waals surface area contributed by atoms with E-state index < -0.39 is 17.5 Å². The summed E-state index contributed by atoms with van der Waals surface area (Å²) >= 11 is 0. The minimum atomic E-state index is -4.46. The SMILES string of the molecule is CC1(O)CCCN(c2ccc(C(F)(F)F)nn2)CC1. The van der Waals surface area contributed by atoms with Gasteiger partial charge in [-0.05, 0) is 38.3 Å². The van der Waals surface area contributed by atoms with Crippen molar-refractivity contribution in [3.63, 3.8) is 0 Å². The van der Waals surface area contributed by atoms with E-state index in [0.29, 0.717) is 31.7 Å². The van der Waals surface area contributed by atoms with E-state index in [-0.39, 0.29) is 0 Å². The third-order valence-electron chi connectivity index (χ3n) is 3.33. The van der Waals surface area contributed by atoms with Crippen LogP contribution in [0, 0.1) is 0 Å². The minimum Gasteiger partial charge on any atom is -0.390 e. The molecule has 0 aromatic carbocycles. The molecule has 1 unspecified atom stereocenters. The van der Waals surface area contributed by atoms with E-state index in [0.717, 1.165) is 12.5 Å². The van der Waals surface area contributed by atoms with Crippen LogP contribution < -0.4 is 4.90 Å². The first-order valence-electron chi connectivity index (χ1n) is 6.16. The average Bonchev–Trinajstić information content (AvgIpc) is 2.49. The number of nitrogens with zero attached hydrogens (tertiary/aromatic N) is 3. The van der Waals surface area contributed by atoms with Gasteiger partial charge in [-0.25, -0.2) is 0 Å². The van der Waals surface area contributed by atoms with Gasteiger partial charge < -0.3 is 10.0 Å². The van der Waals surface area contributed by atoms with Crippen molar-refractivity contribution >= 4 is 5.82 Å². The van der Waals surface area contributed by atoms with Crippen molar-refractivity contribution < 1.29 is 18.3 Å². The molecular formula is C12H16F3N3O. The summed E-state index contributed by atoms with van der Waals surface area (Å²) < 4.78 is 37.1. The lowest BCUT2D eigenvalue weighted by molar-refractivity contribution is -0.141. The Morgan fingerprint density at radius 3 is 2.53 bits per heavy atom. The summed E-state index contributed by atoms with van der Waals surface area (Å²) in [7, 11) is 0. The maximum Gasteiger partial charge on any atom is 0.435 e. The molecular weight excluding hydrogens is 259 g/mol. The molecule has 2 rings (SSSR count). The summed E-state index contributed by atoms with van der Waals surface area (Å²) in [5.74, 6) is 0.422. The maximum absolute atomic E-state index is 12.4. The van der Waals surface area contributed by atoms with Crippen LogP contribution in [-0.4, -0.2) is 34.0 Å². The van der Waals surface area contributed by atoms with Crippen LogP contribution in [0.1, 0.15) is 31.9 Å². The topological polar surface area (TPSA) is 49.2 Å². The summed E-state index contributed by atoms with van der Waals surface area (Å²) in [4.78, 5) is 1.86. The highest BCUT2D eigenvalue weighted by Gasteiger charge is 2.33. The van der Waals surface area contributed by atoms with Crippen LogP contribution in [0.25, 0.3) is 0 Å². The molecule has 2 heterocycles. The predicted molar refractivity (Wildman–Crippen MR) is 63.7 cm³/mol. The van der Waals surface area contributed by atoms with Crippen molar-refractivity contribution in [1.29, 1.82) is 0 Å². The van der Waals surface area contributed by atoms with Gasteiger partial charge in [0.25, 0.3) is 0 Å². The molecule has 0 bridgehead atoms. The van der Waals surface area contributed by atoms with Crippen LogP contribution in [0.2, 0.25) is 0 Å². The molecule has 0 aliphatic carbocycles. The van der Waals surface area contributed by atoms with Gasteiger partial charge in [-0.15, -0.1) is 10.2 Å². The number of aromatic nitrogens is 2. The molecule has 7 heteroatoms. The summed E-state index contributed by atoms with van der Waals surface area (Å²) in [5, 5.41) is 16.8. The number of alkyl halides is 3. The van der Waals surface area contributed by atoms with Crippen molar-refractivity contribution in [1.82, 2.24) is 10.2 Å². The summed E-state index contributed by atoms with van der Waals surface area (Å²) in [5.41, 5.74) is -1.70.